The van der Waals surface area contributed by atoms with Crippen LogP contribution in [-0.4, -0.2) is 131 Å². The summed E-state index contributed by atoms with van der Waals surface area (Å²) in [6.07, 6.45) is 25.3. The monoisotopic (exact) mass is 1040 g/mol. The van der Waals surface area contributed by atoms with Crippen LogP contribution < -0.4 is 0 Å². The highest BCUT2D eigenvalue weighted by atomic mass is 16.6. The zero-order valence-corrected chi connectivity index (χ0v) is 46.4. The number of nitrogens with zero attached hydrogens (tertiary/aromatic N) is 2. The Labute approximate surface area is 440 Å². The quantitative estimate of drug-likeness (QED) is 0.0242. The third-order valence-electron chi connectivity index (χ3n) is 12.7. The molecule has 1 amide bonds. The van der Waals surface area contributed by atoms with Crippen LogP contribution in [0.5, 0.6) is 0 Å². The summed E-state index contributed by atoms with van der Waals surface area (Å²) >= 11 is 0. The van der Waals surface area contributed by atoms with Crippen molar-refractivity contribution < 1.29 is 66.7 Å². The molecule has 2 atom stereocenters. The Morgan fingerprint density at radius 1 is 0.425 bits per heavy atom. The average molecular weight is 1040 g/mol. The molecule has 0 saturated carbocycles. The molecule has 0 aliphatic carbocycles. The second kappa shape index (κ2) is 45.2. The van der Waals surface area contributed by atoms with E-state index in [1.165, 1.54) is 4.90 Å². The van der Waals surface area contributed by atoms with Gasteiger partial charge in [-0.15, -0.1) is 0 Å². The molecule has 16 heteroatoms. The Morgan fingerprint density at radius 3 is 1.00 bits per heavy atom. The van der Waals surface area contributed by atoms with Crippen molar-refractivity contribution in [2.24, 2.45) is 11.8 Å². The van der Waals surface area contributed by atoms with Gasteiger partial charge in [0.15, 0.2) is 0 Å². The molecule has 73 heavy (non-hydrogen) atoms. The van der Waals surface area contributed by atoms with Crippen LogP contribution in [0.25, 0.3) is 0 Å². The SMILES string of the molecule is CCCCCCCCC(=O)OCC(COC(=O)CCCCCCCC)CC(=O)O[C@@H]1C=C[C@H](OC(=O)CC(COC(=O)CCCCCCCC)COC(=O)CCCCCCCC)CN(C(=O)OCCN(C)C)C1. The Morgan fingerprint density at radius 2 is 0.712 bits per heavy atom. The van der Waals surface area contributed by atoms with Crippen LogP contribution >= 0.6 is 0 Å². The van der Waals surface area contributed by atoms with Crippen molar-refractivity contribution in [3.05, 3.63) is 12.2 Å². The number of carbonyl (C=O) groups is 7. The van der Waals surface area contributed by atoms with E-state index in [2.05, 4.69) is 27.7 Å². The lowest BCUT2D eigenvalue weighted by molar-refractivity contribution is -0.156. The van der Waals surface area contributed by atoms with E-state index in [9.17, 15) is 33.6 Å². The summed E-state index contributed by atoms with van der Waals surface area (Å²) in [5.74, 6) is -4.24. The van der Waals surface area contributed by atoms with Gasteiger partial charge in [-0.2, -0.15) is 0 Å². The highest BCUT2D eigenvalue weighted by Crippen LogP contribution is 2.19. The van der Waals surface area contributed by atoms with Gasteiger partial charge in [-0.25, -0.2) is 4.79 Å². The average Bonchev–Trinajstić information content (AvgIpc) is 3.56. The summed E-state index contributed by atoms with van der Waals surface area (Å²) < 4.78 is 39.7. The van der Waals surface area contributed by atoms with Crippen molar-refractivity contribution in [2.45, 2.75) is 233 Å². The summed E-state index contributed by atoms with van der Waals surface area (Å²) in [5.41, 5.74) is 0. The fourth-order valence-corrected chi connectivity index (χ4v) is 8.16. The van der Waals surface area contributed by atoms with Crippen molar-refractivity contribution in [1.82, 2.24) is 9.80 Å². The minimum absolute atomic E-state index is 0.0817. The molecule has 422 valence electrons. The van der Waals surface area contributed by atoms with Crippen molar-refractivity contribution >= 4 is 41.9 Å². The van der Waals surface area contributed by atoms with E-state index in [1.807, 2.05) is 19.0 Å². The third-order valence-corrected chi connectivity index (χ3v) is 12.7. The molecule has 0 unspecified atom stereocenters. The first kappa shape index (κ1) is 66.8. The summed E-state index contributed by atoms with van der Waals surface area (Å²) in [7, 11) is 3.69. The number of amides is 1. The molecule has 0 aromatic heterocycles. The highest BCUT2D eigenvalue weighted by Gasteiger charge is 2.31. The largest absolute Gasteiger partial charge is 0.465 e. The molecule has 1 rings (SSSR count). The molecule has 0 aromatic rings. The Hall–Kier alpha value is -4.21. The molecular weight excluding hydrogens is 937 g/mol. The van der Waals surface area contributed by atoms with Gasteiger partial charge in [0.25, 0.3) is 0 Å². The molecular formula is C57H100N2O14. The molecule has 1 heterocycles. The highest BCUT2D eigenvalue weighted by molar-refractivity contribution is 5.73. The van der Waals surface area contributed by atoms with Crippen LogP contribution in [0.3, 0.4) is 0 Å². The van der Waals surface area contributed by atoms with Crippen LogP contribution in [0.15, 0.2) is 12.2 Å². The molecule has 0 bridgehead atoms. The van der Waals surface area contributed by atoms with Crippen molar-refractivity contribution in [3.8, 4) is 0 Å². The van der Waals surface area contributed by atoms with Crippen molar-refractivity contribution in [3.63, 3.8) is 0 Å². The van der Waals surface area contributed by atoms with Gasteiger partial charge in [0.1, 0.15) is 18.8 Å². The maximum Gasteiger partial charge on any atom is 0.410 e. The smallest absolute Gasteiger partial charge is 0.410 e. The lowest BCUT2D eigenvalue weighted by Gasteiger charge is -2.26. The summed E-state index contributed by atoms with van der Waals surface area (Å²) in [6.45, 7) is 8.33. The second-order valence-corrected chi connectivity index (χ2v) is 20.2. The molecule has 0 saturated heterocycles. The minimum atomic E-state index is -0.978. The van der Waals surface area contributed by atoms with Crippen LogP contribution in [0, 0.1) is 11.8 Å². The van der Waals surface area contributed by atoms with Gasteiger partial charge in [0.2, 0.25) is 0 Å². The fourth-order valence-electron chi connectivity index (χ4n) is 8.16. The number of unbranched alkanes of at least 4 members (excludes halogenated alkanes) is 20. The number of hydrogen-bond donors (Lipinski definition) is 0. The zero-order chi connectivity index (χ0) is 53.7. The predicted octanol–water partition coefficient (Wildman–Crippen LogP) is 11.6. The van der Waals surface area contributed by atoms with Crippen LogP contribution in [-0.2, 0) is 61.9 Å². The van der Waals surface area contributed by atoms with E-state index in [1.54, 1.807) is 12.2 Å². The summed E-state index contributed by atoms with van der Waals surface area (Å²) in [6, 6.07) is 0. The van der Waals surface area contributed by atoms with Crippen molar-refractivity contribution in [2.75, 3.05) is 66.8 Å². The number of carbonyl (C=O) groups excluding carboxylic acids is 7. The second-order valence-electron chi connectivity index (χ2n) is 20.2. The van der Waals surface area contributed by atoms with E-state index in [4.69, 9.17) is 33.2 Å². The van der Waals surface area contributed by atoms with E-state index in [0.29, 0.717) is 32.2 Å². The number of ether oxygens (including phenoxy) is 7. The molecule has 1 aliphatic rings. The first-order valence-electron chi connectivity index (χ1n) is 28.6. The van der Waals surface area contributed by atoms with Crippen LogP contribution in [0.4, 0.5) is 4.79 Å². The molecule has 0 fully saturated rings. The molecule has 0 aromatic carbocycles. The maximum atomic E-state index is 13.6. The lowest BCUT2D eigenvalue weighted by Crippen LogP contribution is -2.42. The predicted molar refractivity (Wildman–Crippen MR) is 282 cm³/mol. The van der Waals surface area contributed by atoms with Gasteiger partial charge in [-0.3, -0.25) is 28.8 Å². The number of likely N-dealkylation sites (N-methyl/N-ethyl adjacent to an activating group) is 1. The zero-order valence-electron chi connectivity index (χ0n) is 46.4. The number of hydrogen-bond acceptors (Lipinski definition) is 15. The summed E-state index contributed by atoms with van der Waals surface area (Å²) in [5, 5.41) is 0. The fraction of sp³-hybridized carbons (Fsp3) is 0.842. The lowest BCUT2D eigenvalue weighted by atomic mass is 10.1. The first-order valence-corrected chi connectivity index (χ1v) is 28.6. The first-order chi connectivity index (χ1) is 35.3. The topological polar surface area (TPSA) is 191 Å². The van der Waals surface area contributed by atoms with E-state index in [-0.39, 0.29) is 109 Å². The van der Waals surface area contributed by atoms with Gasteiger partial charge in [0, 0.05) is 44.1 Å². The van der Waals surface area contributed by atoms with E-state index < -0.39 is 42.1 Å². The van der Waals surface area contributed by atoms with Gasteiger partial charge in [0.05, 0.1) is 52.4 Å². The van der Waals surface area contributed by atoms with Gasteiger partial charge in [-0.05, 0) is 51.9 Å². The molecule has 0 radical (unpaired) electrons. The molecule has 1 aliphatic heterocycles. The standard InChI is InChI=1S/C57H100N2O14/c1-7-11-15-19-23-27-31-51(60)68-43-47(44-69-52(61)32-28-24-20-16-12-8-2)39-55(64)72-49-35-36-50(42-59(41-49)57(66)67-38-37-58(5)6)73-56(65)40-48(45-70-53(62)33-29-25-21-17-13-9-3)46-71-54(63)34-30-26-22-18-14-10-4/h35-36,47-50H,7-34,37-46H2,1-6H3/t49-,50+. The Bertz CT molecular complexity index is 1360. The van der Waals surface area contributed by atoms with Crippen molar-refractivity contribution in [1.29, 1.82) is 0 Å². The Balaban J connectivity index is 3.13. The molecule has 0 spiro atoms. The van der Waals surface area contributed by atoms with Gasteiger partial charge >= 0.3 is 41.9 Å². The normalized spacial score (nSPS) is 14.5. The van der Waals surface area contributed by atoms with Crippen LogP contribution in [0.2, 0.25) is 0 Å². The maximum absolute atomic E-state index is 13.6. The summed E-state index contributed by atoms with van der Waals surface area (Å²) in [4.78, 5) is 94.8. The van der Waals surface area contributed by atoms with Crippen LogP contribution in [0.1, 0.15) is 220 Å². The Kier molecular flexibility index (Phi) is 41.4. The number of esters is 6. The minimum Gasteiger partial charge on any atom is -0.465 e. The van der Waals surface area contributed by atoms with Gasteiger partial charge in [-0.1, -0.05) is 156 Å². The third kappa shape index (κ3) is 39.0. The number of rotatable bonds is 45. The van der Waals surface area contributed by atoms with Gasteiger partial charge < -0.3 is 43.0 Å². The van der Waals surface area contributed by atoms with E-state index >= 15 is 0 Å². The molecule has 16 nitrogen and oxygen atoms in total. The van der Waals surface area contributed by atoms with E-state index in [0.717, 1.165) is 128 Å². The molecule has 0 N–H and O–H groups in total.